The van der Waals surface area contributed by atoms with Crippen LogP contribution in [0.2, 0.25) is 0 Å². The molecule has 0 spiro atoms. The number of allylic oxidation sites excluding steroid dienone is 1. The Labute approximate surface area is 134 Å². The summed E-state index contributed by atoms with van der Waals surface area (Å²) in [6.45, 7) is 6.27. The molecule has 1 heterocycles. The average Bonchev–Trinajstić information content (AvgIpc) is 2.52. The molecule has 1 aliphatic rings. The molecule has 2 rings (SSSR count). The Morgan fingerprint density at radius 1 is 1.52 bits per heavy atom. The zero-order valence-electron chi connectivity index (χ0n) is 12.6. The van der Waals surface area contributed by atoms with Crippen LogP contribution in [0.3, 0.4) is 0 Å². The quantitative estimate of drug-likeness (QED) is 0.787. The molecule has 0 amide bonds. The van der Waals surface area contributed by atoms with Crippen LogP contribution in [0.1, 0.15) is 45.4 Å². The van der Waals surface area contributed by atoms with E-state index in [-0.39, 0.29) is 5.56 Å². The second-order valence-corrected chi connectivity index (χ2v) is 6.50. The summed E-state index contributed by atoms with van der Waals surface area (Å²) in [6, 6.07) is 0.415. The summed E-state index contributed by atoms with van der Waals surface area (Å²) in [4.78, 5) is 12.2. The number of hydrogen-bond acceptors (Lipinski definition) is 3. The van der Waals surface area contributed by atoms with Gasteiger partial charge in [0.05, 0.1) is 18.4 Å². The minimum Gasteiger partial charge on any atom is -0.380 e. The van der Waals surface area contributed by atoms with Gasteiger partial charge in [-0.15, -0.1) is 6.58 Å². The Bertz CT molecular complexity index is 535. The zero-order chi connectivity index (χ0) is 15.2. The summed E-state index contributed by atoms with van der Waals surface area (Å²) in [5.74, 6) is 0.700. The fourth-order valence-corrected chi connectivity index (χ4v) is 3.53. The maximum atomic E-state index is 12.2. The van der Waals surface area contributed by atoms with Crippen LogP contribution in [-0.2, 0) is 6.54 Å². The predicted molar refractivity (Wildman–Crippen MR) is 90.7 cm³/mol. The Hall–Kier alpha value is -1.10. The molecule has 1 aromatic rings. The van der Waals surface area contributed by atoms with Gasteiger partial charge in [0.1, 0.15) is 4.47 Å². The third kappa shape index (κ3) is 3.96. The molecule has 1 aliphatic carbocycles. The van der Waals surface area contributed by atoms with Crippen LogP contribution in [0, 0.1) is 5.92 Å². The van der Waals surface area contributed by atoms with Crippen LogP contribution < -0.4 is 10.9 Å². The van der Waals surface area contributed by atoms with Gasteiger partial charge in [-0.2, -0.15) is 5.10 Å². The van der Waals surface area contributed by atoms with Crippen molar-refractivity contribution in [1.29, 1.82) is 0 Å². The lowest BCUT2D eigenvalue weighted by molar-refractivity contribution is 0.313. The lowest BCUT2D eigenvalue weighted by atomic mass is 9.83. The first-order valence-corrected chi connectivity index (χ1v) is 8.59. The molecule has 1 fully saturated rings. The summed E-state index contributed by atoms with van der Waals surface area (Å²) >= 11 is 3.41. The fourth-order valence-electron chi connectivity index (χ4n) is 3.11. The first-order chi connectivity index (χ1) is 10.2. The summed E-state index contributed by atoms with van der Waals surface area (Å²) in [7, 11) is 0. The van der Waals surface area contributed by atoms with Crippen molar-refractivity contribution in [2.45, 2.75) is 58.0 Å². The van der Waals surface area contributed by atoms with E-state index in [1.807, 2.05) is 0 Å². The molecule has 0 aliphatic heterocycles. The van der Waals surface area contributed by atoms with Crippen LogP contribution in [0.25, 0.3) is 0 Å². The number of anilines is 1. The van der Waals surface area contributed by atoms with E-state index in [2.05, 4.69) is 39.8 Å². The van der Waals surface area contributed by atoms with Gasteiger partial charge in [-0.25, -0.2) is 4.68 Å². The molecular weight excluding hydrogens is 330 g/mol. The fraction of sp³-hybridized carbons (Fsp3) is 0.625. The van der Waals surface area contributed by atoms with Crippen LogP contribution in [0.5, 0.6) is 0 Å². The normalized spacial score (nSPS) is 17.4. The van der Waals surface area contributed by atoms with E-state index in [1.54, 1.807) is 12.3 Å². The number of nitrogens with zero attached hydrogens (tertiary/aromatic N) is 2. The van der Waals surface area contributed by atoms with Gasteiger partial charge in [-0.05, 0) is 41.1 Å². The van der Waals surface area contributed by atoms with E-state index < -0.39 is 0 Å². The highest BCUT2D eigenvalue weighted by atomic mass is 79.9. The second kappa shape index (κ2) is 7.78. The third-order valence-electron chi connectivity index (χ3n) is 4.29. The lowest BCUT2D eigenvalue weighted by Crippen LogP contribution is -2.32. The van der Waals surface area contributed by atoms with Crippen LogP contribution in [0.4, 0.5) is 5.69 Å². The Morgan fingerprint density at radius 3 is 2.86 bits per heavy atom. The van der Waals surface area contributed by atoms with E-state index in [4.69, 9.17) is 0 Å². The van der Waals surface area contributed by atoms with E-state index in [0.717, 1.165) is 12.1 Å². The van der Waals surface area contributed by atoms with Gasteiger partial charge in [0, 0.05) is 6.04 Å². The monoisotopic (exact) mass is 353 g/mol. The molecule has 0 bridgehead atoms. The zero-order valence-corrected chi connectivity index (χ0v) is 14.2. The van der Waals surface area contributed by atoms with Crippen LogP contribution in [0.15, 0.2) is 28.1 Å². The SMILES string of the molecule is C=CCn1ncc(NC(CC)C2CCCCC2)c(Br)c1=O. The van der Waals surface area contributed by atoms with E-state index >= 15 is 0 Å². The minimum absolute atomic E-state index is 0.113. The maximum Gasteiger partial charge on any atom is 0.283 e. The standard InChI is InChI=1S/C16H24BrN3O/c1-3-10-20-16(21)15(17)14(11-18-20)19-13(4-2)12-8-6-5-7-9-12/h3,11-13,19H,1,4-10H2,2H3. The molecule has 1 unspecified atom stereocenters. The minimum atomic E-state index is -0.113. The topological polar surface area (TPSA) is 46.9 Å². The molecule has 1 aromatic heterocycles. The Kier molecular flexibility index (Phi) is 6.03. The summed E-state index contributed by atoms with van der Waals surface area (Å²) < 4.78 is 1.97. The number of nitrogens with one attached hydrogen (secondary N) is 1. The first kappa shape index (κ1) is 16.3. The predicted octanol–water partition coefficient (Wildman–Crippen LogP) is 3.96. The van der Waals surface area contributed by atoms with Crippen LogP contribution in [-0.4, -0.2) is 15.8 Å². The molecule has 0 saturated heterocycles. The molecule has 1 saturated carbocycles. The molecule has 5 heteroatoms. The molecule has 21 heavy (non-hydrogen) atoms. The molecule has 1 N–H and O–H groups in total. The Morgan fingerprint density at radius 2 is 2.24 bits per heavy atom. The van der Waals surface area contributed by atoms with E-state index in [1.165, 1.54) is 36.8 Å². The molecule has 4 nitrogen and oxygen atoms in total. The summed E-state index contributed by atoms with van der Waals surface area (Å²) in [5, 5.41) is 7.73. The van der Waals surface area contributed by atoms with Gasteiger partial charge >= 0.3 is 0 Å². The van der Waals surface area contributed by atoms with Gasteiger partial charge in [0.25, 0.3) is 5.56 Å². The third-order valence-corrected chi connectivity index (χ3v) is 5.05. The van der Waals surface area contributed by atoms with Gasteiger partial charge in [0.15, 0.2) is 0 Å². The summed E-state index contributed by atoms with van der Waals surface area (Å²) in [6.07, 6.45) is 11.0. The average molecular weight is 354 g/mol. The number of hydrogen-bond donors (Lipinski definition) is 1. The largest absolute Gasteiger partial charge is 0.380 e. The second-order valence-electron chi connectivity index (χ2n) is 5.71. The van der Waals surface area contributed by atoms with Crippen molar-refractivity contribution >= 4 is 21.6 Å². The molecule has 0 radical (unpaired) electrons. The molecular formula is C16H24BrN3O. The number of aromatic nitrogens is 2. The maximum absolute atomic E-state index is 12.2. The highest BCUT2D eigenvalue weighted by Crippen LogP contribution is 2.30. The Balaban J connectivity index is 2.15. The van der Waals surface area contributed by atoms with Gasteiger partial charge < -0.3 is 5.32 Å². The van der Waals surface area contributed by atoms with E-state index in [0.29, 0.717) is 23.0 Å². The summed E-state index contributed by atoms with van der Waals surface area (Å²) in [5.41, 5.74) is 0.691. The van der Waals surface area contributed by atoms with Crippen molar-refractivity contribution in [2.24, 2.45) is 5.92 Å². The highest BCUT2D eigenvalue weighted by Gasteiger charge is 2.23. The van der Waals surface area contributed by atoms with E-state index in [9.17, 15) is 4.79 Å². The number of rotatable bonds is 6. The van der Waals surface area contributed by atoms with Crippen molar-refractivity contribution < 1.29 is 0 Å². The van der Waals surface area contributed by atoms with Gasteiger partial charge in [-0.3, -0.25) is 4.79 Å². The lowest BCUT2D eigenvalue weighted by Gasteiger charge is -2.31. The highest BCUT2D eigenvalue weighted by molar-refractivity contribution is 9.10. The number of halogens is 1. The van der Waals surface area contributed by atoms with Crippen molar-refractivity contribution in [2.75, 3.05) is 5.32 Å². The van der Waals surface area contributed by atoms with Crippen molar-refractivity contribution in [3.05, 3.63) is 33.7 Å². The molecule has 0 aromatic carbocycles. The van der Waals surface area contributed by atoms with Gasteiger partial charge in [0.2, 0.25) is 0 Å². The smallest absolute Gasteiger partial charge is 0.283 e. The van der Waals surface area contributed by atoms with Crippen molar-refractivity contribution in [1.82, 2.24) is 9.78 Å². The first-order valence-electron chi connectivity index (χ1n) is 7.80. The van der Waals surface area contributed by atoms with Gasteiger partial charge in [-0.1, -0.05) is 32.3 Å². The molecule has 116 valence electrons. The van der Waals surface area contributed by atoms with Crippen molar-refractivity contribution in [3.63, 3.8) is 0 Å². The van der Waals surface area contributed by atoms with Crippen molar-refractivity contribution in [3.8, 4) is 0 Å². The van der Waals surface area contributed by atoms with Crippen LogP contribution >= 0.6 is 15.9 Å². The molecule has 1 atom stereocenters.